The minimum Gasteiger partial charge on any atom is -0.496 e. The van der Waals surface area contributed by atoms with Gasteiger partial charge in [0.1, 0.15) is 11.6 Å². The maximum atomic E-state index is 13.6. The molecule has 2 heterocycles. The Balaban J connectivity index is 1.97. The van der Waals surface area contributed by atoms with Gasteiger partial charge in [0, 0.05) is 10.6 Å². The molecular formula is C24H20ClFN2O4S. The number of nitrogens with zero attached hydrogens (tertiary/aromatic N) is 2. The first-order chi connectivity index (χ1) is 15.8. The van der Waals surface area contributed by atoms with E-state index in [0.717, 1.165) is 0 Å². The lowest BCUT2D eigenvalue weighted by atomic mass is 9.96. The van der Waals surface area contributed by atoms with E-state index in [-0.39, 0.29) is 17.7 Å². The molecule has 0 unspecified atom stereocenters. The highest BCUT2D eigenvalue weighted by Crippen LogP contribution is 2.31. The SMILES string of the molecule is CCOC(=O)C1=C(C)N=c2s/c(=C\c3cc(Cl)ccc3OC)c(=O)n2[C@H]1c1ccc(F)cc1. The minimum absolute atomic E-state index is 0.171. The second kappa shape index (κ2) is 9.33. The molecular weight excluding hydrogens is 467 g/mol. The van der Waals surface area contributed by atoms with Crippen LogP contribution in [0.2, 0.25) is 5.02 Å². The molecule has 0 amide bonds. The maximum Gasteiger partial charge on any atom is 0.338 e. The van der Waals surface area contributed by atoms with Crippen molar-refractivity contribution in [1.29, 1.82) is 0 Å². The van der Waals surface area contributed by atoms with E-state index in [1.54, 1.807) is 50.3 Å². The van der Waals surface area contributed by atoms with Gasteiger partial charge in [0.05, 0.1) is 35.6 Å². The van der Waals surface area contributed by atoms with Crippen molar-refractivity contribution in [3.63, 3.8) is 0 Å². The number of hydrogen-bond donors (Lipinski definition) is 0. The van der Waals surface area contributed by atoms with Gasteiger partial charge in [-0.15, -0.1) is 0 Å². The van der Waals surface area contributed by atoms with Crippen LogP contribution in [0.4, 0.5) is 4.39 Å². The lowest BCUT2D eigenvalue weighted by Gasteiger charge is -2.24. The number of aromatic nitrogens is 1. The van der Waals surface area contributed by atoms with Crippen LogP contribution in [0.5, 0.6) is 5.75 Å². The highest BCUT2D eigenvalue weighted by atomic mass is 35.5. The molecule has 1 aromatic heterocycles. The lowest BCUT2D eigenvalue weighted by Crippen LogP contribution is -2.39. The number of thiazole rings is 1. The zero-order chi connectivity index (χ0) is 23.7. The Bertz CT molecular complexity index is 1440. The van der Waals surface area contributed by atoms with Gasteiger partial charge in [0.15, 0.2) is 4.80 Å². The average Bonchev–Trinajstić information content (AvgIpc) is 3.08. The molecule has 0 saturated heterocycles. The summed E-state index contributed by atoms with van der Waals surface area (Å²) in [7, 11) is 1.53. The standard InChI is InChI=1S/C24H20ClFN2O4S/c1-4-32-23(30)20-13(2)27-24-28(21(20)14-5-8-17(26)9-6-14)22(29)19(33-24)12-15-11-16(25)7-10-18(15)31-3/h5-12,21H,4H2,1-3H3/b19-12-/t21-/m0/s1. The summed E-state index contributed by atoms with van der Waals surface area (Å²) in [4.78, 5) is 31.3. The van der Waals surface area contributed by atoms with Crippen LogP contribution in [0.25, 0.3) is 6.08 Å². The van der Waals surface area contributed by atoms with Gasteiger partial charge in [0.2, 0.25) is 0 Å². The molecule has 1 aliphatic rings. The number of carbonyl (C=O) groups is 1. The number of fused-ring (bicyclic) bond motifs is 1. The zero-order valence-corrected chi connectivity index (χ0v) is 19.7. The van der Waals surface area contributed by atoms with Crippen molar-refractivity contribution in [1.82, 2.24) is 4.57 Å². The third kappa shape index (κ3) is 4.36. The molecule has 0 fully saturated rings. The summed E-state index contributed by atoms with van der Waals surface area (Å²) in [6.45, 7) is 3.57. The number of ether oxygens (including phenoxy) is 2. The van der Waals surface area contributed by atoms with Crippen LogP contribution in [0, 0.1) is 5.82 Å². The Morgan fingerprint density at radius 2 is 2.00 bits per heavy atom. The molecule has 1 aliphatic heterocycles. The van der Waals surface area contributed by atoms with Gasteiger partial charge in [-0.25, -0.2) is 14.2 Å². The van der Waals surface area contributed by atoms with Gasteiger partial charge in [-0.2, -0.15) is 0 Å². The number of carbonyl (C=O) groups excluding carboxylic acids is 1. The van der Waals surface area contributed by atoms with Crippen LogP contribution in [0.1, 0.15) is 31.0 Å². The van der Waals surface area contributed by atoms with Crippen LogP contribution >= 0.6 is 22.9 Å². The summed E-state index contributed by atoms with van der Waals surface area (Å²) in [5.41, 5.74) is 1.54. The normalized spacial score (nSPS) is 15.8. The zero-order valence-electron chi connectivity index (χ0n) is 18.1. The number of methoxy groups -OCH3 is 1. The van der Waals surface area contributed by atoms with Gasteiger partial charge in [-0.1, -0.05) is 35.1 Å². The van der Waals surface area contributed by atoms with Gasteiger partial charge < -0.3 is 9.47 Å². The molecule has 2 aromatic carbocycles. The first-order valence-electron chi connectivity index (χ1n) is 10.1. The molecule has 0 bridgehead atoms. The molecule has 0 saturated carbocycles. The van der Waals surface area contributed by atoms with E-state index in [9.17, 15) is 14.0 Å². The Morgan fingerprint density at radius 1 is 1.27 bits per heavy atom. The Labute approximate surface area is 197 Å². The van der Waals surface area contributed by atoms with Crippen molar-refractivity contribution in [2.75, 3.05) is 13.7 Å². The number of halogens is 2. The fourth-order valence-electron chi connectivity index (χ4n) is 3.71. The first kappa shape index (κ1) is 22.9. The largest absolute Gasteiger partial charge is 0.496 e. The molecule has 170 valence electrons. The van der Waals surface area contributed by atoms with Crippen LogP contribution in [-0.4, -0.2) is 24.3 Å². The molecule has 1 atom stereocenters. The molecule has 4 rings (SSSR count). The van der Waals surface area contributed by atoms with Crippen molar-refractivity contribution in [2.45, 2.75) is 19.9 Å². The fourth-order valence-corrected chi connectivity index (χ4v) is 4.93. The van der Waals surface area contributed by atoms with Crippen LogP contribution in [0.15, 0.2) is 63.5 Å². The van der Waals surface area contributed by atoms with Crippen molar-refractivity contribution >= 4 is 35.0 Å². The number of hydrogen-bond acceptors (Lipinski definition) is 6. The molecule has 0 spiro atoms. The molecule has 3 aromatic rings. The molecule has 0 N–H and O–H groups in total. The number of allylic oxidation sites excluding steroid dienone is 1. The Hall–Kier alpha value is -3.23. The quantitative estimate of drug-likeness (QED) is 0.517. The summed E-state index contributed by atoms with van der Waals surface area (Å²) in [6.07, 6.45) is 1.68. The van der Waals surface area contributed by atoms with Crippen molar-refractivity contribution < 1.29 is 18.7 Å². The van der Waals surface area contributed by atoms with Crippen molar-refractivity contribution in [3.05, 3.63) is 95.4 Å². The molecule has 9 heteroatoms. The Kier molecular flexibility index (Phi) is 6.49. The minimum atomic E-state index is -0.802. The van der Waals surface area contributed by atoms with Crippen LogP contribution < -0.4 is 19.6 Å². The summed E-state index contributed by atoms with van der Waals surface area (Å²) in [5.74, 6) is -0.430. The summed E-state index contributed by atoms with van der Waals surface area (Å²) < 4.78 is 26.1. The summed E-state index contributed by atoms with van der Waals surface area (Å²) >= 11 is 7.32. The molecule has 0 aliphatic carbocycles. The van der Waals surface area contributed by atoms with E-state index in [2.05, 4.69) is 4.99 Å². The lowest BCUT2D eigenvalue weighted by molar-refractivity contribution is -0.139. The predicted molar refractivity (Wildman–Crippen MR) is 125 cm³/mol. The second-order valence-corrected chi connectivity index (χ2v) is 8.69. The molecule has 33 heavy (non-hydrogen) atoms. The second-order valence-electron chi connectivity index (χ2n) is 7.24. The van der Waals surface area contributed by atoms with Crippen LogP contribution in [0.3, 0.4) is 0 Å². The summed E-state index contributed by atoms with van der Waals surface area (Å²) in [5, 5.41) is 0.499. The highest BCUT2D eigenvalue weighted by molar-refractivity contribution is 7.07. The van der Waals surface area contributed by atoms with E-state index in [1.165, 1.54) is 35.1 Å². The van der Waals surface area contributed by atoms with Gasteiger partial charge in [-0.3, -0.25) is 9.36 Å². The number of rotatable bonds is 5. The monoisotopic (exact) mass is 486 g/mol. The molecule has 0 radical (unpaired) electrons. The maximum absolute atomic E-state index is 13.6. The third-order valence-corrected chi connectivity index (χ3v) is 6.40. The smallest absolute Gasteiger partial charge is 0.338 e. The van der Waals surface area contributed by atoms with Gasteiger partial charge >= 0.3 is 5.97 Å². The van der Waals surface area contributed by atoms with E-state index in [1.807, 2.05) is 0 Å². The first-order valence-corrected chi connectivity index (χ1v) is 11.3. The van der Waals surface area contributed by atoms with Crippen molar-refractivity contribution in [2.24, 2.45) is 4.99 Å². The average molecular weight is 487 g/mol. The van der Waals surface area contributed by atoms with E-state index >= 15 is 0 Å². The fraction of sp³-hybridized carbons (Fsp3) is 0.208. The summed E-state index contributed by atoms with van der Waals surface area (Å²) in [6, 6.07) is 10.00. The van der Waals surface area contributed by atoms with Gasteiger partial charge in [-0.05, 0) is 55.8 Å². The van der Waals surface area contributed by atoms with Gasteiger partial charge in [0.25, 0.3) is 5.56 Å². The van der Waals surface area contributed by atoms with E-state index in [4.69, 9.17) is 21.1 Å². The topological polar surface area (TPSA) is 69.9 Å². The van der Waals surface area contributed by atoms with E-state index < -0.39 is 17.8 Å². The highest BCUT2D eigenvalue weighted by Gasteiger charge is 2.33. The predicted octanol–water partition coefficient (Wildman–Crippen LogP) is 3.60. The number of esters is 1. The Morgan fingerprint density at radius 3 is 2.67 bits per heavy atom. The molecule has 6 nitrogen and oxygen atoms in total. The van der Waals surface area contributed by atoms with Crippen molar-refractivity contribution in [3.8, 4) is 5.75 Å². The van der Waals surface area contributed by atoms with Crippen LogP contribution in [-0.2, 0) is 9.53 Å². The van der Waals surface area contributed by atoms with E-state index in [0.29, 0.717) is 36.9 Å². The third-order valence-electron chi connectivity index (χ3n) is 5.18. The number of benzene rings is 2.